The van der Waals surface area contributed by atoms with Crippen LogP contribution in [0.2, 0.25) is 0 Å². The molecular weight excluding hydrogens is 272 g/mol. The molecule has 1 amide bonds. The number of nitrogens with one attached hydrogen (secondary N) is 1. The van der Waals surface area contributed by atoms with Crippen molar-refractivity contribution in [2.75, 3.05) is 5.32 Å². The third-order valence-corrected chi connectivity index (χ3v) is 2.63. The summed E-state index contributed by atoms with van der Waals surface area (Å²) in [5.41, 5.74) is -0.560. The molecule has 0 spiro atoms. The highest BCUT2D eigenvalue weighted by Crippen LogP contribution is 2.22. The van der Waals surface area contributed by atoms with Gasteiger partial charge in [-0.15, -0.1) is 11.3 Å². The van der Waals surface area contributed by atoms with Gasteiger partial charge in [-0.1, -0.05) is 0 Å². The van der Waals surface area contributed by atoms with E-state index < -0.39 is 23.6 Å². The van der Waals surface area contributed by atoms with Crippen molar-refractivity contribution in [1.29, 1.82) is 0 Å². The van der Waals surface area contributed by atoms with Crippen molar-refractivity contribution in [2.45, 2.75) is 32.3 Å². The molecule has 0 aliphatic carbocycles. The van der Waals surface area contributed by atoms with E-state index in [-0.39, 0.29) is 17.1 Å². The number of nitrogens with zero attached hydrogens (tertiary/aromatic N) is 1. The number of aldehydes is 1. The van der Waals surface area contributed by atoms with E-state index in [9.17, 15) is 14.4 Å². The number of rotatable bonds is 4. The molecule has 1 aromatic heterocycles. The van der Waals surface area contributed by atoms with E-state index in [1.165, 1.54) is 5.38 Å². The highest BCUT2D eigenvalue weighted by atomic mass is 32.1. The molecule has 8 heteroatoms. The molecule has 19 heavy (non-hydrogen) atoms. The minimum Gasteiger partial charge on any atom is -0.480 e. The number of aliphatic carboxylic acids is 1. The van der Waals surface area contributed by atoms with E-state index in [1.807, 2.05) is 0 Å². The molecule has 1 aromatic rings. The number of anilines is 1. The molecule has 0 bridgehead atoms. The second kappa shape index (κ2) is 5.79. The lowest BCUT2D eigenvalue weighted by Crippen LogP contribution is -2.27. The number of aromatic nitrogens is 1. The average Bonchev–Trinajstić information content (AvgIpc) is 2.63. The lowest BCUT2D eigenvalue weighted by atomic mass is 10.1. The number of carboxylic acids is 1. The molecule has 0 fully saturated rings. The Bertz CT molecular complexity index is 492. The lowest BCUT2D eigenvalue weighted by Gasteiger charge is -2.18. The quantitative estimate of drug-likeness (QED) is 0.646. The third kappa shape index (κ3) is 4.66. The standard InChI is InChI=1S/C11H14N2O5S/c1-11(2,3)18-10(17)13-9-12-7(5-19-9)6(4-14)8(15)16/h4-6H,1-3H3,(H,15,16)(H,12,13,17). The Morgan fingerprint density at radius 2 is 2.16 bits per heavy atom. The molecule has 1 rings (SSSR count). The first-order valence-electron chi connectivity index (χ1n) is 5.36. The van der Waals surface area contributed by atoms with Crippen LogP contribution in [0.25, 0.3) is 0 Å². The maximum Gasteiger partial charge on any atom is 0.413 e. The van der Waals surface area contributed by atoms with Crippen LogP contribution in [0.3, 0.4) is 0 Å². The Labute approximate surface area is 113 Å². The van der Waals surface area contributed by atoms with E-state index in [4.69, 9.17) is 9.84 Å². The number of carbonyl (C=O) groups is 3. The molecule has 7 nitrogen and oxygen atoms in total. The largest absolute Gasteiger partial charge is 0.480 e. The Hall–Kier alpha value is -1.96. The molecule has 1 atom stereocenters. The first kappa shape index (κ1) is 15.1. The molecule has 1 unspecified atom stereocenters. The zero-order valence-electron chi connectivity index (χ0n) is 10.7. The monoisotopic (exact) mass is 286 g/mol. The fourth-order valence-corrected chi connectivity index (χ4v) is 1.86. The van der Waals surface area contributed by atoms with E-state index in [2.05, 4.69) is 10.3 Å². The minimum atomic E-state index is -1.33. The Morgan fingerprint density at radius 3 is 2.63 bits per heavy atom. The van der Waals surface area contributed by atoms with Gasteiger partial charge < -0.3 is 14.6 Å². The van der Waals surface area contributed by atoms with E-state index in [1.54, 1.807) is 20.8 Å². The highest BCUT2D eigenvalue weighted by molar-refractivity contribution is 7.13. The van der Waals surface area contributed by atoms with Crippen LogP contribution in [-0.4, -0.2) is 34.0 Å². The van der Waals surface area contributed by atoms with Crippen LogP contribution < -0.4 is 5.32 Å². The molecule has 0 aliphatic rings. The van der Waals surface area contributed by atoms with Gasteiger partial charge in [-0.25, -0.2) is 9.78 Å². The van der Waals surface area contributed by atoms with Gasteiger partial charge in [0.25, 0.3) is 0 Å². The van der Waals surface area contributed by atoms with Crippen LogP contribution in [0.1, 0.15) is 32.4 Å². The molecule has 1 heterocycles. The van der Waals surface area contributed by atoms with Crippen molar-refractivity contribution in [3.63, 3.8) is 0 Å². The number of ether oxygens (including phenoxy) is 1. The van der Waals surface area contributed by atoms with Crippen molar-refractivity contribution in [1.82, 2.24) is 4.98 Å². The fourth-order valence-electron chi connectivity index (χ4n) is 1.13. The van der Waals surface area contributed by atoms with Gasteiger partial charge in [-0.2, -0.15) is 0 Å². The molecule has 0 aliphatic heterocycles. The SMILES string of the molecule is CC(C)(C)OC(=O)Nc1nc(C(C=O)C(=O)O)cs1. The van der Waals surface area contributed by atoms with E-state index in [0.29, 0.717) is 0 Å². The molecule has 2 N–H and O–H groups in total. The summed E-state index contributed by atoms with van der Waals surface area (Å²) < 4.78 is 5.02. The van der Waals surface area contributed by atoms with Crippen LogP contribution in [-0.2, 0) is 14.3 Å². The second-order valence-corrected chi connectivity index (χ2v) is 5.51. The molecule has 0 saturated heterocycles. The molecule has 0 aromatic carbocycles. The Morgan fingerprint density at radius 1 is 1.53 bits per heavy atom. The zero-order valence-corrected chi connectivity index (χ0v) is 11.5. The van der Waals surface area contributed by atoms with Crippen molar-refractivity contribution < 1.29 is 24.2 Å². The van der Waals surface area contributed by atoms with Gasteiger partial charge in [0.05, 0.1) is 5.69 Å². The van der Waals surface area contributed by atoms with E-state index >= 15 is 0 Å². The summed E-state index contributed by atoms with van der Waals surface area (Å²) in [7, 11) is 0. The van der Waals surface area contributed by atoms with Gasteiger partial charge in [-0.3, -0.25) is 10.1 Å². The van der Waals surface area contributed by atoms with Gasteiger partial charge in [0.1, 0.15) is 11.9 Å². The summed E-state index contributed by atoms with van der Waals surface area (Å²) in [6.45, 7) is 5.14. The highest BCUT2D eigenvalue weighted by Gasteiger charge is 2.23. The molecule has 0 saturated carbocycles. The minimum absolute atomic E-state index is 0.0820. The summed E-state index contributed by atoms with van der Waals surface area (Å²) in [5.74, 6) is -2.62. The normalized spacial score (nSPS) is 12.6. The van der Waals surface area contributed by atoms with Gasteiger partial charge in [0.15, 0.2) is 11.0 Å². The maximum absolute atomic E-state index is 11.5. The van der Waals surface area contributed by atoms with Crippen molar-refractivity contribution >= 4 is 34.8 Å². The number of carboxylic acid groups (broad SMARTS) is 1. The average molecular weight is 286 g/mol. The predicted molar refractivity (Wildman–Crippen MR) is 68.4 cm³/mol. The first-order chi connectivity index (χ1) is 8.73. The van der Waals surface area contributed by atoms with Crippen molar-refractivity contribution in [3.05, 3.63) is 11.1 Å². The summed E-state index contributed by atoms with van der Waals surface area (Å²) in [4.78, 5) is 36.7. The third-order valence-electron chi connectivity index (χ3n) is 1.85. The number of hydrogen-bond donors (Lipinski definition) is 2. The Kier molecular flexibility index (Phi) is 4.60. The fraction of sp³-hybridized carbons (Fsp3) is 0.455. The summed E-state index contributed by atoms with van der Waals surface area (Å²) in [6.07, 6.45) is -0.402. The van der Waals surface area contributed by atoms with Gasteiger partial charge in [0, 0.05) is 5.38 Å². The molecule has 104 valence electrons. The van der Waals surface area contributed by atoms with Gasteiger partial charge in [0.2, 0.25) is 0 Å². The predicted octanol–water partition coefficient (Wildman–Crippen LogP) is 1.86. The second-order valence-electron chi connectivity index (χ2n) is 4.66. The zero-order chi connectivity index (χ0) is 14.6. The van der Waals surface area contributed by atoms with Crippen LogP contribution in [0.4, 0.5) is 9.93 Å². The number of carbonyl (C=O) groups excluding carboxylic acids is 2. The first-order valence-corrected chi connectivity index (χ1v) is 6.24. The van der Waals surface area contributed by atoms with Crippen molar-refractivity contribution in [3.8, 4) is 0 Å². The summed E-state index contributed by atoms with van der Waals surface area (Å²) in [5, 5.41) is 12.7. The summed E-state index contributed by atoms with van der Waals surface area (Å²) in [6, 6.07) is 0. The molecule has 0 radical (unpaired) electrons. The van der Waals surface area contributed by atoms with Crippen LogP contribution in [0.5, 0.6) is 0 Å². The lowest BCUT2D eigenvalue weighted by molar-refractivity contribution is -0.140. The van der Waals surface area contributed by atoms with Crippen molar-refractivity contribution in [2.24, 2.45) is 0 Å². The van der Waals surface area contributed by atoms with Gasteiger partial charge in [-0.05, 0) is 20.8 Å². The van der Waals surface area contributed by atoms with Crippen LogP contribution in [0, 0.1) is 0 Å². The maximum atomic E-state index is 11.5. The topological polar surface area (TPSA) is 106 Å². The summed E-state index contributed by atoms with van der Waals surface area (Å²) >= 11 is 1.02. The van der Waals surface area contributed by atoms with Crippen LogP contribution in [0.15, 0.2) is 5.38 Å². The molecular formula is C11H14N2O5S. The smallest absolute Gasteiger partial charge is 0.413 e. The number of thiazole rings is 1. The number of hydrogen-bond acceptors (Lipinski definition) is 6. The Balaban J connectivity index is 2.73. The number of amides is 1. The van der Waals surface area contributed by atoms with Crippen LogP contribution >= 0.6 is 11.3 Å². The van der Waals surface area contributed by atoms with Gasteiger partial charge >= 0.3 is 12.1 Å². The van der Waals surface area contributed by atoms with E-state index in [0.717, 1.165) is 11.3 Å².